The third-order valence-corrected chi connectivity index (χ3v) is 4.48. The van der Waals surface area contributed by atoms with Crippen LogP contribution in [-0.4, -0.2) is 47.9 Å². The van der Waals surface area contributed by atoms with Gasteiger partial charge in [0.05, 0.1) is 29.0 Å². The Labute approximate surface area is 137 Å². The number of amides is 1. The minimum Gasteiger partial charge on any atom is -0.393 e. The Hall–Kier alpha value is -1.41. The highest BCUT2D eigenvalue weighted by molar-refractivity contribution is 8.00. The zero-order valence-corrected chi connectivity index (χ0v) is 13.3. The lowest BCUT2D eigenvalue weighted by Crippen LogP contribution is -2.36. The second-order valence-corrected chi connectivity index (χ2v) is 6.38. The van der Waals surface area contributed by atoms with E-state index in [0.29, 0.717) is 43.4 Å². The molecule has 2 rings (SSSR count). The SMILES string of the molecule is O=C(CSCC(F)(F)F)Nc1ccccc1N1CCC(O)CC1. The number of hydrogen-bond acceptors (Lipinski definition) is 4. The molecular weight excluding hydrogens is 329 g/mol. The molecule has 0 aliphatic carbocycles. The summed E-state index contributed by atoms with van der Waals surface area (Å²) in [7, 11) is 0. The van der Waals surface area contributed by atoms with Crippen LogP contribution in [0.2, 0.25) is 0 Å². The molecule has 1 aromatic carbocycles. The van der Waals surface area contributed by atoms with Gasteiger partial charge in [-0.15, -0.1) is 11.8 Å². The highest BCUT2D eigenvalue weighted by Gasteiger charge is 2.27. The van der Waals surface area contributed by atoms with Crippen molar-refractivity contribution >= 4 is 29.0 Å². The summed E-state index contributed by atoms with van der Waals surface area (Å²) in [4.78, 5) is 13.9. The number of anilines is 2. The molecule has 0 aromatic heterocycles. The van der Waals surface area contributed by atoms with E-state index in [-0.39, 0.29) is 11.9 Å². The maximum absolute atomic E-state index is 12.1. The number of piperidine rings is 1. The maximum Gasteiger partial charge on any atom is 0.397 e. The lowest BCUT2D eigenvalue weighted by Gasteiger charge is -2.32. The molecule has 0 atom stereocenters. The standard InChI is InChI=1S/C15H19F3N2O2S/c16-15(17,18)10-23-9-14(22)19-12-3-1-2-4-13(12)20-7-5-11(21)6-8-20/h1-4,11,21H,5-10H2,(H,19,22). The van der Waals surface area contributed by atoms with E-state index in [1.807, 2.05) is 12.1 Å². The largest absolute Gasteiger partial charge is 0.397 e. The first-order chi connectivity index (χ1) is 10.8. The Morgan fingerprint density at radius 3 is 2.61 bits per heavy atom. The average molecular weight is 348 g/mol. The molecule has 1 aromatic rings. The van der Waals surface area contributed by atoms with Gasteiger partial charge in [0.25, 0.3) is 0 Å². The number of rotatable bonds is 5. The number of hydrogen-bond donors (Lipinski definition) is 2. The number of para-hydroxylation sites is 2. The molecule has 1 amide bonds. The highest BCUT2D eigenvalue weighted by atomic mass is 32.2. The molecule has 0 spiro atoms. The summed E-state index contributed by atoms with van der Waals surface area (Å²) in [5, 5.41) is 12.2. The molecule has 1 heterocycles. The number of nitrogens with one attached hydrogen (secondary N) is 1. The Kier molecular flexibility index (Phi) is 6.17. The van der Waals surface area contributed by atoms with Crippen molar-refractivity contribution in [3.63, 3.8) is 0 Å². The van der Waals surface area contributed by atoms with E-state index < -0.39 is 17.8 Å². The molecule has 1 saturated heterocycles. The van der Waals surface area contributed by atoms with E-state index in [0.717, 1.165) is 5.69 Å². The molecule has 2 N–H and O–H groups in total. The number of carbonyl (C=O) groups excluding carboxylic acids is 1. The number of halogens is 3. The van der Waals surface area contributed by atoms with Crippen molar-refractivity contribution in [2.75, 3.05) is 34.8 Å². The second-order valence-electron chi connectivity index (χ2n) is 5.39. The van der Waals surface area contributed by atoms with E-state index in [1.165, 1.54) is 0 Å². The number of alkyl halides is 3. The molecule has 0 unspecified atom stereocenters. The Morgan fingerprint density at radius 1 is 1.30 bits per heavy atom. The van der Waals surface area contributed by atoms with Crippen LogP contribution in [0.5, 0.6) is 0 Å². The molecule has 1 aliphatic heterocycles. The van der Waals surface area contributed by atoms with E-state index in [9.17, 15) is 23.1 Å². The van der Waals surface area contributed by atoms with Gasteiger partial charge < -0.3 is 15.3 Å². The van der Waals surface area contributed by atoms with E-state index in [4.69, 9.17) is 0 Å². The van der Waals surface area contributed by atoms with Crippen LogP contribution in [0.3, 0.4) is 0 Å². The van der Waals surface area contributed by atoms with E-state index in [1.54, 1.807) is 12.1 Å². The quantitative estimate of drug-likeness (QED) is 0.859. The van der Waals surface area contributed by atoms with Crippen molar-refractivity contribution in [2.45, 2.75) is 25.1 Å². The summed E-state index contributed by atoms with van der Waals surface area (Å²) in [5.41, 5.74) is 1.41. The van der Waals surface area contributed by atoms with Gasteiger partial charge >= 0.3 is 6.18 Å². The number of benzene rings is 1. The summed E-state index contributed by atoms with van der Waals surface area (Å²) in [5.74, 6) is -1.73. The molecule has 1 aliphatic rings. The van der Waals surface area contributed by atoms with Crippen LogP contribution < -0.4 is 10.2 Å². The highest BCUT2D eigenvalue weighted by Crippen LogP contribution is 2.28. The third-order valence-electron chi connectivity index (χ3n) is 3.48. The fourth-order valence-corrected chi connectivity index (χ4v) is 3.00. The number of carbonyl (C=O) groups is 1. The van der Waals surface area contributed by atoms with Gasteiger partial charge in [-0.1, -0.05) is 12.1 Å². The predicted octanol–water partition coefficient (Wildman–Crippen LogP) is 2.88. The van der Waals surface area contributed by atoms with Crippen LogP contribution in [0.25, 0.3) is 0 Å². The van der Waals surface area contributed by atoms with Crippen LogP contribution in [-0.2, 0) is 4.79 Å². The maximum atomic E-state index is 12.1. The van der Waals surface area contributed by atoms with Crippen LogP contribution in [0.4, 0.5) is 24.5 Å². The van der Waals surface area contributed by atoms with Crippen molar-refractivity contribution in [3.05, 3.63) is 24.3 Å². The van der Waals surface area contributed by atoms with Gasteiger partial charge in [0.1, 0.15) is 0 Å². The summed E-state index contributed by atoms with van der Waals surface area (Å²) >= 11 is 0.546. The first-order valence-corrected chi connectivity index (χ1v) is 8.47. The first kappa shape index (κ1) is 17.9. The van der Waals surface area contributed by atoms with Crippen LogP contribution in [0, 0.1) is 0 Å². The molecule has 4 nitrogen and oxygen atoms in total. The minimum atomic E-state index is -4.27. The smallest absolute Gasteiger partial charge is 0.393 e. The molecule has 23 heavy (non-hydrogen) atoms. The van der Waals surface area contributed by atoms with Gasteiger partial charge in [-0.05, 0) is 25.0 Å². The van der Waals surface area contributed by atoms with Crippen molar-refractivity contribution < 1.29 is 23.1 Å². The van der Waals surface area contributed by atoms with Crippen molar-refractivity contribution in [1.29, 1.82) is 0 Å². The van der Waals surface area contributed by atoms with Gasteiger partial charge in [-0.25, -0.2) is 0 Å². The summed E-state index contributed by atoms with van der Waals surface area (Å²) < 4.78 is 36.3. The molecule has 0 bridgehead atoms. The Bertz CT molecular complexity index is 532. The number of aliphatic hydroxyl groups is 1. The van der Waals surface area contributed by atoms with Gasteiger partial charge in [0, 0.05) is 13.1 Å². The summed E-state index contributed by atoms with van der Waals surface area (Å²) in [6.45, 7) is 1.35. The third kappa shape index (κ3) is 5.95. The average Bonchev–Trinajstić information content (AvgIpc) is 2.47. The summed E-state index contributed by atoms with van der Waals surface area (Å²) in [6.07, 6.45) is -3.25. The van der Waals surface area contributed by atoms with Gasteiger partial charge in [-0.3, -0.25) is 4.79 Å². The zero-order chi connectivity index (χ0) is 16.9. The van der Waals surface area contributed by atoms with Crippen LogP contribution in [0.1, 0.15) is 12.8 Å². The topological polar surface area (TPSA) is 52.6 Å². The van der Waals surface area contributed by atoms with E-state index >= 15 is 0 Å². The molecule has 8 heteroatoms. The monoisotopic (exact) mass is 348 g/mol. The minimum absolute atomic E-state index is 0.243. The van der Waals surface area contributed by atoms with Crippen molar-refractivity contribution in [2.24, 2.45) is 0 Å². The molecule has 0 radical (unpaired) electrons. The normalized spacial score (nSPS) is 16.4. The lowest BCUT2D eigenvalue weighted by molar-refractivity contribution is -0.113. The van der Waals surface area contributed by atoms with Crippen LogP contribution in [0.15, 0.2) is 24.3 Å². The fourth-order valence-electron chi connectivity index (χ4n) is 2.41. The Morgan fingerprint density at radius 2 is 1.96 bits per heavy atom. The van der Waals surface area contributed by atoms with Gasteiger partial charge in [0.15, 0.2) is 0 Å². The number of thioether (sulfide) groups is 1. The molecule has 128 valence electrons. The molecular formula is C15H19F3N2O2S. The molecule has 1 fully saturated rings. The van der Waals surface area contributed by atoms with Crippen molar-refractivity contribution in [3.8, 4) is 0 Å². The van der Waals surface area contributed by atoms with Gasteiger partial charge in [-0.2, -0.15) is 13.2 Å². The van der Waals surface area contributed by atoms with Gasteiger partial charge in [0.2, 0.25) is 5.91 Å². The first-order valence-electron chi connectivity index (χ1n) is 7.31. The second kappa shape index (κ2) is 7.92. The van der Waals surface area contributed by atoms with Crippen LogP contribution >= 0.6 is 11.8 Å². The predicted molar refractivity (Wildman–Crippen MR) is 85.9 cm³/mol. The molecule has 0 saturated carbocycles. The zero-order valence-electron chi connectivity index (χ0n) is 12.5. The van der Waals surface area contributed by atoms with Crippen molar-refractivity contribution in [1.82, 2.24) is 0 Å². The fraction of sp³-hybridized carbons (Fsp3) is 0.533. The number of aliphatic hydroxyl groups excluding tert-OH is 1. The Balaban J connectivity index is 1.93. The lowest BCUT2D eigenvalue weighted by atomic mass is 10.1. The number of nitrogens with zero attached hydrogens (tertiary/aromatic N) is 1. The summed E-state index contributed by atoms with van der Waals surface area (Å²) in [6, 6.07) is 7.19. The van der Waals surface area contributed by atoms with E-state index in [2.05, 4.69) is 10.2 Å².